The van der Waals surface area contributed by atoms with Crippen LogP contribution in [-0.2, 0) is 16.1 Å². The molecule has 1 fully saturated rings. The SMILES string of the molecule is CC(C)(C)OC(=O)N1CCSC1C(=O)NCc1ccc(-c2ccsc2C(=N)N)cc1. The zero-order chi connectivity index (χ0) is 21.9. The Morgan fingerprint density at radius 3 is 2.60 bits per heavy atom. The van der Waals surface area contributed by atoms with Crippen LogP contribution >= 0.6 is 23.1 Å². The maximum atomic E-state index is 12.7. The molecule has 1 saturated heterocycles. The van der Waals surface area contributed by atoms with Crippen molar-refractivity contribution in [1.82, 2.24) is 10.2 Å². The molecule has 2 aromatic rings. The number of hydrogen-bond acceptors (Lipinski definition) is 6. The Morgan fingerprint density at radius 2 is 1.97 bits per heavy atom. The highest BCUT2D eigenvalue weighted by molar-refractivity contribution is 8.00. The van der Waals surface area contributed by atoms with Crippen molar-refractivity contribution in [3.05, 3.63) is 46.2 Å². The van der Waals surface area contributed by atoms with Gasteiger partial charge in [-0.25, -0.2) is 4.79 Å². The van der Waals surface area contributed by atoms with Crippen molar-refractivity contribution in [2.45, 2.75) is 38.3 Å². The van der Waals surface area contributed by atoms with Gasteiger partial charge in [0.2, 0.25) is 0 Å². The van der Waals surface area contributed by atoms with Crippen molar-refractivity contribution < 1.29 is 14.3 Å². The van der Waals surface area contributed by atoms with E-state index in [0.29, 0.717) is 18.8 Å². The lowest BCUT2D eigenvalue weighted by Gasteiger charge is -2.27. The molecule has 1 atom stereocenters. The van der Waals surface area contributed by atoms with Gasteiger partial charge in [0, 0.05) is 24.4 Å². The third-order valence-electron chi connectivity index (χ3n) is 4.38. The quantitative estimate of drug-likeness (QED) is 0.480. The van der Waals surface area contributed by atoms with Gasteiger partial charge in [-0.05, 0) is 43.3 Å². The van der Waals surface area contributed by atoms with Crippen LogP contribution < -0.4 is 11.1 Å². The summed E-state index contributed by atoms with van der Waals surface area (Å²) in [6.07, 6.45) is -0.464. The van der Waals surface area contributed by atoms with E-state index in [1.54, 1.807) is 0 Å². The largest absolute Gasteiger partial charge is 0.444 e. The van der Waals surface area contributed by atoms with Gasteiger partial charge in [-0.3, -0.25) is 15.1 Å². The molecule has 1 aromatic heterocycles. The molecule has 4 N–H and O–H groups in total. The fourth-order valence-electron chi connectivity index (χ4n) is 3.02. The number of nitrogen functional groups attached to an aromatic ring is 1. The molecule has 1 aliphatic rings. The molecule has 1 unspecified atom stereocenters. The summed E-state index contributed by atoms with van der Waals surface area (Å²) >= 11 is 2.87. The summed E-state index contributed by atoms with van der Waals surface area (Å²) in [5.74, 6) is 0.551. The summed E-state index contributed by atoms with van der Waals surface area (Å²) < 4.78 is 5.41. The van der Waals surface area contributed by atoms with Crippen molar-refractivity contribution >= 4 is 40.9 Å². The first-order valence-corrected chi connectivity index (χ1v) is 11.5. The lowest BCUT2D eigenvalue weighted by atomic mass is 10.0. The number of nitrogens with one attached hydrogen (secondary N) is 2. The van der Waals surface area contributed by atoms with E-state index in [9.17, 15) is 9.59 Å². The number of carbonyl (C=O) groups is 2. The Morgan fingerprint density at radius 1 is 1.27 bits per heavy atom. The van der Waals surface area contributed by atoms with Crippen LogP contribution in [0.4, 0.5) is 4.79 Å². The average Bonchev–Trinajstić information content (AvgIpc) is 3.34. The Bertz CT molecular complexity index is 934. The van der Waals surface area contributed by atoms with Gasteiger partial charge >= 0.3 is 6.09 Å². The van der Waals surface area contributed by atoms with Crippen LogP contribution in [0, 0.1) is 5.41 Å². The van der Waals surface area contributed by atoms with Crippen LogP contribution in [0.25, 0.3) is 11.1 Å². The van der Waals surface area contributed by atoms with E-state index in [0.717, 1.165) is 21.6 Å². The summed E-state index contributed by atoms with van der Waals surface area (Å²) in [5, 5.41) is 11.9. The standard InChI is InChI=1S/C21H26N4O3S2/c1-21(2,3)28-20(27)25-9-11-30-19(25)18(26)24-12-13-4-6-14(7-5-13)15-8-10-29-16(15)17(22)23/h4-8,10,19H,9,11-12H2,1-3H3,(H3,22,23)(H,24,26). The minimum absolute atomic E-state index is 0.0555. The molecule has 1 aromatic carbocycles. The van der Waals surface area contributed by atoms with Crippen LogP contribution in [0.5, 0.6) is 0 Å². The average molecular weight is 447 g/mol. The molecule has 2 heterocycles. The number of amides is 2. The summed E-state index contributed by atoms with van der Waals surface area (Å²) in [7, 11) is 0. The number of rotatable bonds is 5. The van der Waals surface area contributed by atoms with E-state index in [1.807, 2.05) is 56.5 Å². The van der Waals surface area contributed by atoms with Gasteiger partial charge in [-0.1, -0.05) is 24.3 Å². The molecule has 30 heavy (non-hydrogen) atoms. The van der Waals surface area contributed by atoms with Crippen LogP contribution in [0.15, 0.2) is 35.7 Å². The van der Waals surface area contributed by atoms with Crippen molar-refractivity contribution in [3.63, 3.8) is 0 Å². The number of nitrogens with zero attached hydrogens (tertiary/aromatic N) is 1. The van der Waals surface area contributed by atoms with E-state index in [-0.39, 0.29) is 11.7 Å². The van der Waals surface area contributed by atoms with Crippen molar-refractivity contribution in [1.29, 1.82) is 5.41 Å². The third-order valence-corrected chi connectivity index (χ3v) is 6.54. The van der Waals surface area contributed by atoms with Crippen molar-refractivity contribution in [2.75, 3.05) is 12.3 Å². The Kier molecular flexibility index (Phi) is 6.72. The molecule has 3 rings (SSSR count). The predicted molar refractivity (Wildman–Crippen MR) is 122 cm³/mol. The van der Waals surface area contributed by atoms with Crippen LogP contribution in [0.2, 0.25) is 0 Å². The Labute approximate surface area is 184 Å². The Balaban J connectivity index is 1.60. The molecule has 1 aliphatic heterocycles. The molecule has 160 valence electrons. The molecule has 0 bridgehead atoms. The second-order valence-electron chi connectivity index (χ2n) is 7.89. The molecule has 0 saturated carbocycles. The zero-order valence-corrected chi connectivity index (χ0v) is 18.9. The molecule has 0 aliphatic carbocycles. The topological polar surface area (TPSA) is 109 Å². The van der Waals surface area contributed by atoms with E-state index in [2.05, 4.69) is 5.32 Å². The summed E-state index contributed by atoms with van der Waals surface area (Å²) in [5.41, 5.74) is 7.88. The highest BCUT2D eigenvalue weighted by atomic mass is 32.2. The highest BCUT2D eigenvalue weighted by Crippen LogP contribution is 2.29. The lowest BCUT2D eigenvalue weighted by molar-refractivity contribution is -0.123. The summed E-state index contributed by atoms with van der Waals surface area (Å²) in [6.45, 7) is 6.28. The first kappa shape index (κ1) is 22.2. The number of benzene rings is 1. The summed E-state index contributed by atoms with van der Waals surface area (Å²) in [4.78, 5) is 27.2. The number of hydrogen-bond donors (Lipinski definition) is 3. The first-order chi connectivity index (χ1) is 14.2. The fourth-order valence-corrected chi connectivity index (χ4v) is 4.93. The summed E-state index contributed by atoms with van der Waals surface area (Å²) in [6, 6.07) is 9.72. The van der Waals surface area contributed by atoms with Gasteiger partial charge in [-0.15, -0.1) is 23.1 Å². The second-order valence-corrected chi connectivity index (χ2v) is 9.99. The molecular formula is C21H26N4O3S2. The number of carbonyl (C=O) groups excluding carboxylic acids is 2. The smallest absolute Gasteiger partial charge is 0.411 e. The third kappa shape index (κ3) is 5.34. The number of thiophene rings is 1. The second kappa shape index (κ2) is 9.09. The maximum absolute atomic E-state index is 12.7. The monoisotopic (exact) mass is 446 g/mol. The van der Waals surface area contributed by atoms with E-state index < -0.39 is 17.1 Å². The van der Waals surface area contributed by atoms with Crippen LogP contribution in [-0.4, -0.2) is 46.0 Å². The Hall–Kier alpha value is -2.52. The number of amidine groups is 1. The van der Waals surface area contributed by atoms with Gasteiger partial charge in [0.1, 0.15) is 11.4 Å². The van der Waals surface area contributed by atoms with Gasteiger partial charge < -0.3 is 15.8 Å². The number of thioether (sulfide) groups is 1. The van der Waals surface area contributed by atoms with E-state index in [4.69, 9.17) is 15.9 Å². The van der Waals surface area contributed by atoms with Crippen molar-refractivity contribution in [3.8, 4) is 11.1 Å². The van der Waals surface area contributed by atoms with Gasteiger partial charge in [-0.2, -0.15) is 0 Å². The van der Waals surface area contributed by atoms with Crippen LogP contribution in [0.3, 0.4) is 0 Å². The number of nitrogens with two attached hydrogens (primary N) is 1. The lowest BCUT2D eigenvalue weighted by Crippen LogP contribution is -2.46. The van der Waals surface area contributed by atoms with E-state index >= 15 is 0 Å². The predicted octanol–water partition coefficient (Wildman–Crippen LogP) is 3.63. The molecular weight excluding hydrogens is 420 g/mol. The molecule has 0 spiro atoms. The van der Waals surface area contributed by atoms with Crippen molar-refractivity contribution in [2.24, 2.45) is 5.73 Å². The van der Waals surface area contributed by atoms with Crippen LogP contribution in [0.1, 0.15) is 31.2 Å². The number of ether oxygens (including phenoxy) is 1. The highest BCUT2D eigenvalue weighted by Gasteiger charge is 2.37. The van der Waals surface area contributed by atoms with Gasteiger partial charge in [0.25, 0.3) is 5.91 Å². The molecule has 2 amide bonds. The molecule has 9 heteroatoms. The van der Waals surface area contributed by atoms with Gasteiger partial charge in [0.05, 0.1) is 4.88 Å². The fraction of sp³-hybridized carbons (Fsp3) is 0.381. The van der Waals surface area contributed by atoms with E-state index in [1.165, 1.54) is 28.0 Å². The minimum Gasteiger partial charge on any atom is -0.444 e. The zero-order valence-electron chi connectivity index (χ0n) is 17.2. The maximum Gasteiger partial charge on any atom is 0.411 e. The minimum atomic E-state index is -0.599. The molecule has 0 radical (unpaired) electrons. The normalized spacial score (nSPS) is 16.4. The first-order valence-electron chi connectivity index (χ1n) is 9.56. The van der Waals surface area contributed by atoms with Gasteiger partial charge in [0.15, 0.2) is 5.37 Å². The molecule has 7 nitrogen and oxygen atoms in total.